The normalized spacial score (nSPS) is 11.5. The Morgan fingerprint density at radius 2 is 1.64 bits per heavy atom. The van der Waals surface area contributed by atoms with Crippen molar-refractivity contribution in [3.05, 3.63) is 96.0 Å². The van der Waals surface area contributed by atoms with Crippen molar-refractivity contribution >= 4 is 34.0 Å². The molecule has 3 aromatic carbocycles. The fourth-order valence-electron chi connectivity index (χ4n) is 3.61. The monoisotopic (exact) mass is 510 g/mol. The molecular formula is C26H15ClF4N4O. The van der Waals surface area contributed by atoms with E-state index in [0.717, 1.165) is 0 Å². The van der Waals surface area contributed by atoms with Gasteiger partial charge in [-0.1, -0.05) is 29.8 Å². The molecule has 0 aliphatic heterocycles. The van der Waals surface area contributed by atoms with Crippen molar-refractivity contribution < 1.29 is 22.3 Å². The number of benzene rings is 3. The topological polar surface area (TPSA) is 59.9 Å². The van der Waals surface area contributed by atoms with E-state index in [9.17, 15) is 17.6 Å². The summed E-state index contributed by atoms with van der Waals surface area (Å²) in [6.07, 6.45) is -1.54. The summed E-state index contributed by atoms with van der Waals surface area (Å²) in [7, 11) is 0. The highest BCUT2D eigenvalue weighted by atomic mass is 35.5. The van der Waals surface area contributed by atoms with Crippen molar-refractivity contribution in [3.8, 4) is 28.3 Å². The van der Waals surface area contributed by atoms with Gasteiger partial charge in [-0.25, -0.2) is 14.4 Å². The number of anilines is 2. The molecule has 0 fully saturated rings. The number of nitrogens with one attached hydrogen (secondary N) is 1. The molecule has 0 bridgehead atoms. The molecule has 2 heterocycles. The van der Waals surface area contributed by atoms with Gasteiger partial charge in [0.15, 0.2) is 5.82 Å². The molecule has 0 unspecified atom stereocenters. The maximum absolute atomic E-state index is 13.7. The average molecular weight is 511 g/mol. The second-order valence-corrected chi connectivity index (χ2v) is 8.11. The summed E-state index contributed by atoms with van der Waals surface area (Å²) in [5, 5.41) is 3.67. The Bertz CT molecular complexity index is 1560. The van der Waals surface area contributed by atoms with Gasteiger partial charge in [-0.05, 0) is 65.7 Å². The molecule has 0 spiro atoms. The first kappa shape index (κ1) is 23.5. The third-order valence-corrected chi connectivity index (χ3v) is 5.49. The smallest absolute Gasteiger partial charge is 0.406 e. The van der Waals surface area contributed by atoms with Crippen LogP contribution < -0.4 is 10.1 Å². The van der Waals surface area contributed by atoms with Crippen LogP contribution in [0.15, 0.2) is 85.2 Å². The molecular weight excluding hydrogens is 496 g/mol. The van der Waals surface area contributed by atoms with E-state index >= 15 is 0 Å². The first-order valence-electron chi connectivity index (χ1n) is 10.6. The molecule has 2 aromatic heterocycles. The van der Waals surface area contributed by atoms with E-state index in [2.05, 4.69) is 25.0 Å². The zero-order valence-corrected chi connectivity index (χ0v) is 19.0. The number of ether oxygens (including phenoxy) is 1. The zero-order chi connectivity index (χ0) is 25.3. The van der Waals surface area contributed by atoms with Crippen LogP contribution in [0, 0.1) is 5.82 Å². The summed E-state index contributed by atoms with van der Waals surface area (Å²) in [5.74, 6) is -0.0951. The van der Waals surface area contributed by atoms with Crippen LogP contribution in [0.3, 0.4) is 0 Å². The minimum atomic E-state index is -4.80. The fraction of sp³-hybridized carbons (Fsp3) is 0.0385. The lowest BCUT2D eigenvalue weighted by atomic mass is 10.0. The van der Waals surface area contributed by atoms with Crippen molar-refractivity contribution in [1.29, 1.82) is 0 Å². The summed E-state index contributed by atoms with van der Waals surface area (Å²) in [4.78, 5) is 13.4. The Labute approximate surface area is 207 Å². The van der Waals surface area contributed by atoms with Crippen molar-refractivity contribution in [2.24, 2.45) is 0 Å². The van der Waals surface area contributed by atoms with Gasteiger partial charge in [0, 0.05) is 29.0 Å². The Kier molecular flexibility index (Phi) is 6.15. The number of hydrogen-bond donors (Lipinski definition) is 1. The number of halogens is 5. The fourth-order valence-corrected chi connectivity index (χ4v) is 3.79. The maximum Gasteiger partial charge on any atom is 0.573 e. The number of aromatic nitrogens is 3. The number of alkyl halides is 3. The van der Waals surface area contributed by atoms with Crippen LogP contribution in [0.4, 0.5) is 29.1 Å². The van der Waals surface area contributed by atoms with Gasteiger partial charge in [-0.15, -0.1) is 13.2 Å². The molecule has 0 saturated carbocycles. The highest BCUT2D eigenvalue weighted by Gasteiger charge is 2.31. The summed E-state index contributed by atoms with van der Waals surface area (Å²) < 4.78 is 55.8. The number of hydrogen-bond acceptors (Lipinski definition) is 5. The van der Waals surface area contributed by atoms with Gasteiger partial charge in [-0.2, -0.15) is 0 Å². The lowest BCUT2D eigenvalue weighted by molar-refractivity contribution is -0.274. The molecule has 36 heavy (non-hydrogen) atoms. The quantitative estimate of drug-likeness (QED) is 0.244. The van der Waals surface area contributed by atoms with Gasteiger partial charge in [0.2, 0.25) is 0 Å². The van der Waals surface area contributed by atoms with Crippen molar-refractivity contribution in [2.75, 3.05) is 5.32 Å². The van der Waals surface area contributed by atoms with Gasteiger partial charge >= 0.3 is 6.36 Å². The van der Waals surface area contributed by atoms with Crippen LogP contribution in [-0.2, 0) is 0 Å². The lowest BCUT2D eigenvalue weighted by Gasteiger charge is -2.13. The minimum Gasteiger partial charge on any atom is -0.406 e. The lowest BCUT2D eigenvalue weighted by Crippen LogP contribution is -2.17. The Morgan fingerprint density at radius 1 is 0.833 bits per heavy atom. The van der Waals surface area contributed by atoms with Crippen LogP contribution in [0.25, 0.3) is 33.4 Å². The van der Waals surface area contributed by atoms with Crippen LogP contribution >= 0.6 is 11.6 Å². The number of nitrogens with zero attached hydrogens (tertiary/aromatic N) is 3. The molecule has 5 aromatic rings. The van der Waals surface area contributed by atoms with Crippen LogP contribution in [0.1, 0.15) is 0 Å². The number of fused-ring (bicyclic) bond motifs is 1. The molecule has 0 amide bonds. The van der Waals surface area contributed by atoms with Gasteiger partial charge < -0.3 is 10.1 Å². The maximum atomic E-state index is 13.7. The third-order valence-electron chi connectivity index (χ3n) is 5.20. The van der Waals surface area contributed by atoms with Gasteiger partial charge in [0.25, 0.3) is 0 Å². The predicted molar refractivity (Wildman–Crippen MR) is 130 cm³/mol. The second-order valence-electron chi connectivity index (χ2n) is 7.70. The molecule has 0 radical (unpaired) electrons. The van der Waals surface area contributed by atoms with Crippen LogP contribution in [-0.4, -0.2) is 21.3 Å². The van der Waals surface area contributed by atoms with Crippen molar-refractivity contribution in [2.45, 2.75) is 6.36 Å². The van der Waals surface area contributed by atoms with E-state index in [1.54, 1.807) is 42.7 Å². The number of pyridine rings is 1. The molecule has 0 atom stereocenters. The molecule has 0 saturated heterocycles. The van der Waals surface area contributed by atoms with Crippen LogP contribution in [0.5, 0.6) is 5.75 Å². The van der Waals surface area contributed by atoms with E-state index in [4.69, 9.17) is 11.6 Å². The molecule has 5 rings (SSSR count). The molecule has 5 nitrogen and oxygen atoms in total. The predicted octanol–water partition coefficient (Wildman–Crippen LogP) is 7.79. The molecule has 1 N–H and O–H groups in total. The number of rotatable bonds is 5. The molecule has 10 heteroatoms. The summed E-state index contributed by atoms with van der Waals surface area (Å²) in [6.45, 7) is 0. The molecule has 180 valence electrons. The largest absolute Gasteiger partial charge is 0.573 e. The highest BCUT2D eigenvalue weighted by Crippen LogP contribution is 2.33. The van der Waals surface area contributed by atoms with Crippen LogP contribution in [0.2, 0.25) is 5.02 Å². The van der Waals surface area contributed by atoms with E-state index < -0.39 is 12.2 Å². The Hall–Kier alpha value is -4.24. The first-order chi connectivity index (χ1) is 17.2. The first-order valence-corrected chi connectivity index (χ1v) is 10.9. The Balaban J connectivity index is 1.63. The standard InChI is InChI=1S/C26H15ClF4N4O/c27-21-13-18(7-8-22(21)28)33-25-20-12-16(15-3-1-5-19(11-15)36-26(29,30)31)6-9-23(20)34-24(35-25)17-4-2-10-32-14-17/h1-14H,(H,33,34,35). The average Bonchev–Trinajstić information content (AvgIpc) is 2.85. The van der Waals surface area contributed by atoms with E-state index in [0.29, 0.717) is 44.9 Å². The summed E-state index contributed by atoms with van der Waals surface area (Å²) in [6, 6.07) is 18.7. The minimum absolute atomic E-state index is 0.0620. The second kappa shape index (κ2) is 9.43. The van der Waals surface area contributed by atoms with E-state index in [1.165, 1.54) is 36.4 Å². The van der Waals surface area contributed by atoms with Gasteiger partial charge in [0.05, 0.1) is 10.5 Å². The van der Waals surface area contributed by atoms with Gasteiger partial charge in [0.1, 0.15) is 17.4 Å². The third kappa shape index (κ3) is 5.21. The van der Waals surface area contributed by atoms with E-state index in [1.807, 2.05) is 6.07 Å². The molecule has 0 aliphatic rings. The highest BCUT2D eigenvalue weighted by molar-refractivity contribution is 6.31. The zero-order valence-electron chi connectivity index (χ0n) is 18.2. The Morgan fingerprint density at radius 3 is 2.39 bits per heavy atom. The van der Waals surface area contributed by atoms with Gasteiger partial charge in [-0.3, -0.25) is 4.98 Å². The molecule has 0 aliphatic carbocycles. The van der Waals surface area contributed by atoms with Crippen molar-refractivity contribution in [1.82, 2.24) is 15.0 Å². The van der Waals surface area contributed by atoms with Crippen molar-refractivity contribution in [3.63, 3.8) is 0 Å². The summed E-state index contributed by atoms with van der Waals surface area (Å²) in [5.41, 5.74) is 2.87. The summed E-state index contributed by atoms with van der Waals surface area (Å²) >= 11 is 5.94. The SMILES string of the molecule is Fc1ccc(Nc2nc(-c3cccnc3)nc3ccc(-c4cccc(OC(F)(F)F)c4)cc23)cc1Cl. The van der Waals surface area contributed by atoms with E-state index in [-0.39, 0.29) is 10.8 Å².